The highest BCUT2D eigenvalue weighted by atomic mass is 19.1. The maximum atomic E-state index is 13.6. The van der Waals surface area contributed by atoms with E-state index in [0.29, 0.717) is 26.1 Å². The monoisotopic (exact) mass is 325 g/mol. The minimum Gasteiger partial charge on any atom is -0.356 e. The molecule has 1 unspecified atom stereocenters. The summed E-state index contributed by atoms with van der Waals surface area (Å²) in [6.45, 7) is 3.39. The average Bonchev–Trinajstić information content (AvgIpc) is 2.55. The van der Waals surface area contributed by atoms with Gasteiger partial charge in [-0.3, -0.25) is 4.79 Å². The van der Waals surface area contributed by atoms with Gasteiger partial charge in [0, 0.05) is 32.1 Å². The summed E-state index contributed by atoms with van der Waals surface area (Å²) in [7, 11) is 0. The summed E-state index contributed by atoms with van der Waals surface area (Å²) in [6, 6.07) is 2.61. The van der Waals surface area contributed by atoms with Crippen LogP contribution in [0.2, 0.25) is 0 Å². The second-order valence-electron chi connectivity index (χ2n) is 5.67. The molecule has 2 N–H and O–H groups in total. The summed E-state index contributed by atoms with van der Waals surface area (Å²) in [6.07, 6.45) is 2.19. The van der Waals surface area contributed by atoms with Gasteiger partial charge in [0.25, 0.3) is 0 Å². The van der Waals surface area contributed by atoms with E-state index in [2.05, 4.69) is 10.6 Å². The SMILES string of the molecule is CCC(=O)NCC1CCCN(C(=O)Nc2ccc(F)cc2F)C1. The van der Waals surface area contributed by atoms with Crippen LogP contribution < -0.4 is 10.6 Å². The zero-order chi connectivity index (χ0) is 16.8. The number of rotatable bonds is 4. The first-order chi connectivity index (χ1) is 11.0. The van der Waals surface area contributed by atoms with E-state index in [-0.39, 0.29) is 17.5 Å². The van der Waals surface area contributed by atoms with Gasteiger partial charge >= 0.3 is 6.03 Å². The number of carbonyl (C=O) groups excluding carboxylic acids is 2. The van der Waals surface area contributed by atoms with Crippen molar-refractivity contribution in [3.63, 3.8) is 0 Å². The van der Waals surface area contributed by atoms with Crippen molar-refractivity contribution in [3.8, 4) is 0 Å². The minimum absolute atomic E-state index is 0.0139. The van der Waals surface area contributed by atoms with Crippen LogP contribution in [0.4, 0.5) is 19.3 Å². The normalized spacial score (nSPS) is 17.7. The Bertz CT molecular complexity index is 580. The van der Waals surface area contributed by atoms with Crippen LogP contribution in [0, 0.1) is 17.6 Å². The van der Waals surface area contributed by atoms with Gasteiger partial charge in [0.1, 0.15) is 11.6 Å². The van der Waals surface area contributed by atoms with Gasteiger partial charge in [0.05, 0.1) is 5.69 Å². The van der Waals surface area contributed by atoms with E-state index in [1.54, 1.807) is 11.8 Å². The number of amides is 3. The van der Waals surface area contributed by atoms with E-state index in [4.69, 9.17) is 0 Å². The Balaban J connectivity index is 1.90. The Kier molecular flexibility index (Phi) is 5.90. The highest BCUT2D eigenvalue weighted by Crippen LogP contribution is 2.19. The Hall–Kier alpha value is -2.18. The number of benzene rings is 1. The predicted octanol–water partition coefficient (Wildman–Crippen LogP) is 2.73. The molecule has 1 atom stereocenters. The van der Waals surface area contributed by atoms with Crippen molar-refractivity contribution in [2.24, 2.45) is 5.92 Å². The zero-order valence-electron chi connectivity index (χ0n) is 13.1. The van der Waals surface area contributed by atoms with Gasteiger partial charge in [-0.05, 0) is 30.9 Å². The topological polar surface area (TPSA) is 61.4 Å². The van der Waals surface area contributed by atoms with E-state index in [1.807, 2.05) is 0 Å². The highest BCUT2D eigenvalue weighted by Gasteiger charge is 2.24. The quantitative estimate of drug-likeness (QED) is 0.894. The molecule has 1 heterocycles. The molecule has 1 aliphatic rings. The molecule has 0 radical (unpaired) electrons. The Morgan fingerprint density at radius 1 is 1.35 bits per heavy atom. The van der Waals surface area contributed by atoms with Gasteiger partial charge < -0.3 is 15.5 Å². The molecule has 23 heavy (non-hydrogen) atoms. The molecule has 5 nitrogen and oxygen atoms in total. The first-order valence-electron chi connectivity index (χ1n) is 7.77. The molecule has 1 fully saturated rings. The van der Waals surface area contributed by atoms with Crippen molar-refractivity contribution in [3.05, 3.63) is 29.8 Å². The lowest BCUT2D eigenvalue weighted by molar-refractivity contribution is -0.121. The van der Waals surface area contributed by atoms with Crippen molar-refractivity contribution >= 4 is 17.6 Å². The summed E-state index contributed by atoms with van der Waals surface area (Å²) in [5, 5.41) is 5.29. The van der Waals surface area contributed by atoms with Crippen LogP contribution in [0.25, 0.3) is 0 Å². The standard InChI is InChI=1S/C16H21F2N3O2/c1-2-15(22)19-9-11-4-3-7-21(10-11)16(23)20-14-6-5-12(17)8-13(14)18/h5-6,8,11H,2-4,7,9-10H2,1H3,(H,19,22)(H,20,23). The van der Waals surface area contributed by atoms with Crippen molar-refractivity contribution in [1.29, 1.82) is 0 Å². The van der Waals surface area contributed by atoms with Gasteiger partial charge in [-0.25, -0.2) is 13.6 Å². The molecule has 0 aliphatic carbocycles. The molecule has 1 saturated heterocycles. The predicted molar refractivity (Wildman–Crippen MR) is 83.0 cm³/mol. The van der Waals surface area contributed by atoms with E-state index in [1.165, 1.54) is 6.07 Å². The molecular formula is C16H21F2N3O2. The van der Waals surface area contributed by atoms with Crippen molar-refractivity contribution in [1.82, 2.24) is 10.2 Å². The molecule has 0 spiro atoms. The lowest BCUT2D eigenvalue weighted by Gasteiger charge is -2.32. The number of carbonyl (C=O) groups is 2. The molecule has 7 heteroatoms. The fourth-order valence-electron chi connectivity index (χ4n) is 2.58. The van der Waals surface area contributed by atoms with Crippen LogP contribution in [0.15, 0.2) is 18.2 Å². The third-order valence-electron chi connectivity index (χ3n) is 3.89. The number of likely N-dealkylation sites (tertiary alicyclic amines) is 1. The van der Waals surface area contributed by atoms with Crippen LogP contribution in [0.3, 0.4) is 0 Å². The number of nitrogens with one attached hydrogen (secondary N) is 2. The van der Waals surface area contributed by atoms with Gasteiger partial charge in [-0.15, -0.1) is 0 Å². The Morgan fingerprint density at radius 3 is 2.83 bits per heavy atom. The molecule has 2 rings (SSSR count). The summed E-state index contributed by atoms with van der Waals surface area (Å²) in [5.41, 5.74) is -0.0437. The van der Waals surface area contributed by atoms with Gasteiger partial charge in [0.2, 0.25) is 5.91 Å². The van der Waals surface area contributed by atoms with Crippen LogP contribution >= 0.6 is 0 Å². The number of hydrogen-bond donors (Lipinski definition) is 2. The van der Waals surface area contributed by atoms with Crippen LogP contribution in [-0.2, 0) is 4.79 Å². The van der Waals surface area contributed by atoms with Crippen molar-refractivity contribution < 1.29 is 18.4 Å². The Labute approximate surface area is 134 Å². The van der Waals surface area contributed by atoms with Gasteiger partial charge in [0.15, 0.2) is 0 Å². The van der Waals surface area contributed by atoms with E-state index in [9.17, 15) is 18.4 Å². The first kappa shape index (κ1) is 17.2. The number of hydrogen-bond acceptors (Lipinski definition) is 2. The van der Waals surface area contributed by atoms with Gasteiger partial charge in [-0.2, -0.15) is 0 Å². The van der Waals surface area contributed by atoms with Gasteiger partial charge in [-0.1, -0.05) is 6.92 Å². The third kappa shape index (κ3) is 4.91. The van der Waals surface area contributed by atoms with E-state index >= 15 is 0 Å². The van der Waals surface area contributed by atoms with E-state index < -0.39 is 17.7 Å². The molecular weight excluding hydrogens is 304 g/mol. The fourth-order valence-corrected chi connectivity index (χ4v) is 2.58. The molecule has 126 valence electrons. The minimum atomic E-state index is -0.804. The maximum absolute atomic E-state index is 13.6. The highest BCUT2D eigenvalue weighted by molar-refractivity contribution is 5.89. The first-order valence-corrected chi connectivity index (χ1v) is 7.77. The molecule has 1 aromatic carbocycles. The van der Waals surface area contributed by atoms with Crippen LogP contribution in [0.1, 0.15) is 26.2 Å². The summed E-state index contributed by atoms with van der Waals surface area (Å²) in [4.78, 5) is 25.1. The number of urea groups is 1. The van der Waals surface area contributed by atoms with Crippen molar-refractivity contribution in [2.75, 3.05) is 25.0 Å². The second kappa shape index (κ2) is 7.89. The fraction of sp³-hybridized carbons (Fsp3) is 0.500. The smallest absolute Gasteiger partial charge is 0.321 e. The summed E-state index contributed by atoms with van der Waals surface area (Å²) < 4.78 is 26.5. The molecule has 3 amide bonds. The number of anilines is 1. The number of halogens is 2. The zero-order valence-corrected chi connectivity index (χ0v) is 13.1. The molecule has 1 aromatic rings. The van der Waals surface area contributed by atoms with E-state index in [0.717, 1.165) is 25.0 Å². The maximum Gasteiger partial charge on any atom is 0.321 e. The molecule has 0 bridgehead atoms. The third-order valence-corrected chi connectivity index (χ3v) is 3.89. The largest absolute Gasteiger partial charge is 0.356 e. The average molecular weight is 325 g/mol. The molecule has 0 aromatic heterocycles. The van der Waals surface area contributed by atoms with Crippen molar-refractivity contribution in [2.45, 2.75) is 26.2 Å². The van der Waals surface area contributed by atoms with Crippen LogP contribution in [0.5, 0.6) is 0 Å². The Morgan fingerprint density at radius 2 is 2.13 bits per heavy atom. The number of nitrogens with zero attached hydrogens (tertiary/aromatic N) is 1. The summed E-state index contributed by atoms with van der Waals surface area (Å²) in [5.74, 6) is -1.32. The summed E-state index contributed by atoms with van der Waals surface area (Å²) >= 11 is 0. The number of piperidine rings is 1. The second-order valence-corrected chi connectivity index (χ2v) is 5.67. The molecule has 1 aliphatic heterocycles. The molecule has 0 saturated carbocycles. The lowest BCUT2D eigenvalue weighted by Crippen LogP contribution is -2.45. The lowest BCUT2D eigenvalue weighted by atomic mass is 9.98. The van der Waals surface area contributed by atoms with Crippen LogP contribution in [-0.4, -0.2) is 36.5 Å².